The Balaban J connectivity index is 1.68. The van der Waals surface area contributed by atoms with Crippen LogP contribution in [0.2, 0.25) is 0 Å². The second-order valence-electron chi connectivity index (χ2n) is 8.86. The number of likely N-dealkylation sites (tertiary alicyclic amines) is 1. The zero-order chi connectivity index (χ0) is 15.9. The molecule has 3 aliphatic rings. The van der Waals surface area contributed by atoms with Crippen LogP contribution in [0.3, 0.4) is 0 Å². The summed E-state index contributed by atoms with van der Waals surface area (Å²) in [6.45, 7) is 11.8. The van der Waals surface area contributed by atoms with E-state index in [1.54, 1.807) is 0 Å². The van der Waals surface area contributed by atoms with Gasteiger partial charge in [0.15, 0.2) is 0 Å². The lowest BCUT2D eigenvalue weighted by Gasteiger charge is -2.47. The Morgan fingerprint density at radius 3 is 2.59 bits per heavy atom. The van der Waals surface area contributed by atoms with E-state index in [1.165, 1.54) is 38.8 Å². The Morgan fingerprint density at radius 2 is 1.91 bits per heavy atom. The van der Waals surface area contributed by atoms with Gasteiger partial charge in [0, 0.05) is 24.5 Å². The molecule has 0 unspecified atom stereocenters. The first-order chi connectivity index (χ1) is 10.4. The van der Waals surface area contributed by atoms with E-state index in [9.17, 15) is 5.11 Å². The van der Waals surface area contributed by atoms with Crippen LogP contribution in [0.15, 0.2) is 12.2 Å². The summed E-state index contributed by atoms with van der Waals surface area (Å²) in [6, 6.07) is 0. The van der Waals surface area contributed by atoms with Crippen molar-refractivity contribution in [1.82, 2.24) is 4.90 Å². The summed E-state index contributed by atoms with van der Waals surface area (Å²) in [5, 5.41) is 10.6. The maximum atomic E-state index is 10.6. The van der Waals surface area contributed by atoms with E-state index in [1.807, 2.05) is 0 Å². The highest BCUT2D eigenvalue weighted by molar-refractivity contribution is 5.08. The van der Waals surface area contributed by atoms with Gasteiger partial charge in [-0.05, 0) is 63.2 Å². The summed E-state index contributed by atoms with van der Waals surface area (Å²) in [4.78, 5) is 2.70. The van der Waals surface area contributed by atoms with Gasteiger partial charge in [-0.15, -0.1) is 0 Å². The molecule has 1 saturated heterocycles. The zero-order valence-electron chi connectivity index (χ0n) is 15.0. The van der Waals surface area contributed by atoms with Gasteiger partial charge in [-0.25, -0.2) is 0 Å². The first-order valence-corrected chi connectivity index (χ1v) is 9.53. The number of hydrogen-bond donors (Lipinski definition) is 1. The number of hydrogen-bond acceptors (Lipinski definition) is 2. The molecule has 1 aliphatic heterocycles. The van der Waals surface area contributed by atoms with Gasteiger partial charge >= 0.3 is 0 Å². The van der Waals surface area contributed by atoms with E-state index < -0.39 is 0 Å². The molecular formula is C20H35NO. The third kappa shape index (κ3) is 3.01. The average molecular weight is 306 g/mol. The first-order valence-electron chi connectivity index (χ1n) is 9.53. The van der Waals surface area contributed by atoms with Crippen LogP contribution in [0, 0.1) is 29.6 Å². The molecule has 0 aromatic carbocycles. The monoisotopic (exact) mass is 305 g/mol. The van der Waals surface area contributed by atoms with Crippen LogP contribution in [0.4, 0.5) is 0 Å². The summed E-state index contributed by atoms with van der Waals surface area (Å²) in [5.41, 5.74) is 0.131. The standard InChI is InChI=1S/C20H35NO/c1-5-15-7-8-16-12-21(13-17(16)11-15)20(3,4)18-9-6-14(2)10-19(18)22/h7-8,14-19,22H,5-6,9-13H2,1-4H3/t14-,15-,16-,17+,18-,19-/m1/s1. The lowest BCUT2D eigenvalue weighted by Crippen LogP contribution is -2.53. The highest BCUT2D eigenvalue weighted by Gasteiger charge is 2.46. The molecule has 2 fully saturated rings. The summed E-state index contributed by atoms with van der Waals surface area (Å²) >= 11 is 0. The van der Waals surface area contributed by atoms with E-state index in [-0.39, 0.29) is 11.6 Å². The summed E-state index contributed by atoms with van der Waals surface area (Å²) in [5.74, 6) is 3.52. The molecule has 1 heterocycles. The molecule has 0 radical (unpaired) electrons. The third-order valence-electron chi connectivity index (χ3n) is 7.05. The van der Waals surface area contributed by atoms with Crippen molar-refractivity contribution in [3.05, 3.63) is 12.2 Å². The van der Waals surface area contributed by atoms with Crippen molar-refractivity contribution < 1.29 is 5.11 Å². The van der Waals surface area contributed by atoms with Crippen LogP contribution in [-0.4, -0.2) is 34.7 Å². The first kappa shape index (κ1) is 16.5. The maximum absolute atomic E-state index is 10.6. The minimum Gasteiger partial charge on any atom is -0.393 e. The molecule has 0 spiro atoms. The molecule has 2 nitrogen and oxygen atoms in total. The molecule has 2 heteroatoms. The van der Waals surface area contributed by atoms with Crippen molar-refractivity contribution in [3.8, 4) is 0 Å². The number of fused-ring (bicyclic) bond motifs is 1. The Hall–Kier alpha value is -0.340. The average Bonchev–Trinajstić information content (AvgIpc) is 2.90. The molecule has 126 valence electrons. The minimum atomic E-state index is -0.111. The van der Waals surface area contributed by atoms with Crippen molar-refractivity contribution >= 4 is 0 Å². The highest BCUT2D eigenvalue weighted by atomic mass is 16.3. The third-order valence-corrected chi connectivity index (χ3v) is 7.05. The maximum Gasteiger partial charge on any atom is 0.0588 e. The van der Waals surface area contributed by atoms with E-state index in [0.29, 0.717) is 11.8 Å². The fourth-order valence-electron chi connectivity index (χ4n) is 5.31. The van der Waals surface area contributed by atoms with E-state index in [2.05, 4.69) is 44.7 Å². The Bertz CT molecular complexity index is 416. The molecule has 1 N–H and O–H groups in total. The van der Waals surface area contributed by atoms with Gasteiger partial charge < -0.3 is 5.11 Å². The van der Waals surface area contributed by atoms with Gasteiger partial charge in [-0.2, -0.15) is 0 Å². The predicted molar refractivity (Wildman–Crippen MR) is 92.7 cm³/mol. The molecule has 0 amide bonds. The number of rotatable bonds is 3. The lowest BCUT2D eigenvalue weighted by atomic mass is 9.71. The van der Waals surface area contributed by atoms with Crippen molar-refractivity contribution in [3.63, 3.8) is 0 Å². The van der Waals surface area contributed by atoms with E-state index in [0.717, 1.165) is 24.2 Å². The molecular weight excluding hydrogens is 270 g/mol. The molecule has 0 bridgehead atoms. The molecule has 0 aromatic heterocycles. The quantitative estimate of drug-likeness (QED) is 0.794. The molecule has 0 aromatic rings. The summed E-state index contributed by atoms with van der Waals surface area (Å²) < 4.78 is 0. The largest absolute Gasteiger partial charge is 0.393 e. The van der Waals surface area contributed by atoms with Crippen LogP contribution in [0.25, 0.3) is 0 Å². The molecule has 2 aliphatic carbocycles. The SMILES string of the molecule is CC[C@@H]1C=C[C@@H]2CN(C(C)(C)[C@@H]3CC[C@@H](C)C[C@H]3O)C[C@@H]2C1. The summed E-state index contributed by atoms with van der Waals surface area (Å²) in [6.07, 6.45) is 11.0. The topological polar surface area (TPSA) is 23.5 Å². The normalized spacial score (nSPS) is 43.3. The fraction of sp³-hybridized carbons (Fsp3) is 0.900. The van der Waals surface area contributed by atoms with Gasteiger partial charge in [0.05, 0.1) is 6.10 Å². The van der Waals surface area contributed by atoms with Crippen LogP contribution in [0.1, 0.15) is 59.8 Å². The Morgan fingerprint density at radius 1 is 1.14 bits per heavy atom. The Kier molecular flexibility index (Phi) is 4.71. The Labute approximate surface area is 137 Å². The molecule has 1 saturated carbocycles. The molecule has 6 atom stereocenters. The van der Waals surface area contributed by atoms with E-state index in [4.69, 9.17) is 0 Å². The highest BCUT2D eigenvalue weighted by Crippen LogP contribution is 2.44. The minimum absolute atomic E-state index is 0.111. The number of allylic oxidation sites excluding steroid dienone is 1. The van der Waals surface area contributed by atoms with Crippen LogP contribution >= 0.6 is 0 Å². The fourth-order valence-corrected chi connectivity index (χ4v) is 5.31. The van der Waals surface area contributed by atoms with Crippen molar-refractivity contribution in [2.75, 3.05) is 13.1 Å². The van der Waals surface area contributed by atoms with Gasteiger partial charge in [0.1, 0.15) is 0 Å². The van der Waals surface area contributed by atoms with Gasteiger partial charge in [0.2, 0.25) is 0 Å². The predicted octanol–water partition coefficient (Wildman–Crippen LogP) is 4.10. The van der Waals surface area contributed by atoms with Crippen molar-refractivity contribution in [1.29, 1.82) is 0 Å². The van der Waals surface area contributed by atoms with Crippen LogP contribution < -0.4 is 0 Å². The van der Waals surface area contributed by atoms with Crippen molar-refractivity contribution in [2.45, 2.75) is 71.4 Å². The summed E-state index contributed by atoms with van der Waals surface area (Å²) in [7, 11) is 0. The number of aliphatic hydroxyl groups excluding tert-OH is 1. The van der Waals surface area contributed by atoms with E-state index >= 15 is 0 Å². The molecule has 3 rings (SSSR count). The number of aliphatic hydroxyl groups is 1. The number of nitrogens with zero attached hydrogens (tertiary/aromatic N) is 1. The van der Waals surface area contributed by atoms with Gasteiger partial charge in [-0.3, -0.25) is 4.90 Å². The second-order valence-corrected chi connectivity index (χ2v) is 8.86. The zero-order valence-corrected chi connectivity index (χ0v) is 15.0. The second kappa shape index (κ2) is 6.28. The van der Waals surface area contributed by atoms with Gasteiger partial charge in [0.25, 0.3) is 0 Å². The van der Waals surface area contributed by atoms with Crippen molar-refractivity contribution in [2.24, 2.45) is 29.6 Å². The molecule has 22 heavy (non-hydrogen) atoms. The van der Waals surface area contributed by atoms with Gasteiger partial charge in [-0.1, -0.05) is 32.4 Å². The van der Waals surface area contributed by atoms with Crippen LogP contribution in [0.5, 0.6) is 0 Å². The smallest absolute Gasteiger partial charge is 0.0588 e. The lowest BCUT2D eigenvalue weighted by molar-refractivity contribution is -0.0383. The van der Waals surface area contributed by atoms with Crippen LogP contribution in [-0.2, 0) is 0 Å².